The molecular weight excluding hydrogens is 234 g/mol. The predicted molar refractivity (Wildman–Crippen MR) is 69.0 cm³/mol. The van der Waals surface area contributed by atoms with Crippen LogP contribution in [0.15, 0.2) is 29.2 Å². The van der Waals surface area contributed by atoms with Gasteiger partial charge in [-0.2, -0.15) is 0 Å². The average Bonchev–Trinajstić information content (AvgIpc) is 3.18. The van der Waals surface area contributed by atoms with Gasteiger partial charge >= 0.3 is 5.97 Å². The summed E-state index contributed by atoms with van der Waals surface area (Å²) in [5, 5.41) is 3.48. The summed E-state index contributed by atoms with van der Waals surface area (Å²) in [5.74, 6) is 0.187. The van der Waals surface area contributed by atoms with Crippen LogP contribution in [-0.4, -0.2) is 24.9 Å². The lowest BCUT2D eigenvalue weighted by atomic mass is 10.2. The number of benzene rings is 1. The van der Waals surface area contributed by atoms with Crippen LogP contribution in [0.4, 0.5) is 0 Å². The summed E-state index contributed by atoms with van der Waals surface area (Å²) < 4.78 is 4.62. The van der Waals surface area contributed by atoms with Crippen LogP contribution in [0, 0.1) is 0 Å². The second kappa shape index (κ2) is 6.07. The Morgan fingerprint density at radius 2 is 2.35 bits per heavy atom. The van der Waals surface area contributed by atoms with E-state index >= 15 is 0 Å². The zero-order valence-electron chi connectivity index (χ0n) is 9.94. The van der Waals surface area contributed by atoms with Crippen LogP contribution < -0.4 is 5.32 Å². The van der Waals surface area contributed by atoms with Crippen molar-refractivity contribution in [1.82, 2.24) is 5.32 Å². The minimum atomic E-state index is -0.184. The van der Waals surface area contributed by atoms with Gasteiger partial charge in [-0.1, -0.05) is 12.1 Å². The van der Waals surface area contributed by atoms with E-state index in [0.717, 1.165) is 17.5 Å². The van der Waals surface area contributed by atoms with E-state index in [2.05, 4.69) is 22.2 Å². The highest BCUT2D eigenvalue weighted by atomic mass is 32.2. The van der Waals surface area contributed by atoms with Gasteiger partial charge < -0.3 is 10.1 Å². The number of ether oxygens (including phenoxy) is 1. The number of esters is 1. The predicted octanol–water partition coefficient (Wildman–Crippen LogP) is 2.20. The van der Waals surface area contributed by atoms with Crippen LogP contribution in [0.5, 0.6) is 0 Å². The smallest absolute Gasteiger partial charge is 0.315 e. The molecule has 92 valence electrons. The Morgan fingerprint density at radius 3 is 3.06 bits per heavy atom. The molecule has 17 heavy (non-hydrogen) atoms. The van der Waals surface area contributed by atoms with Crippen molar-refractivity contribution in [3.05, 3.63) is 29.8 Å². The summed E-state index contributed by atoms with van der Waals surface area (Å²) in [5.41, 5.74) is 1.27. The van der Waals surface area contributed by atoms with Crippen LogP contribution in [0.2, 0.25) is 0 Å². The maximum atomic E-state index is 11.0. The van der Waals surface area contributed by atoms with E-state index < -0.39 is 0 Å². The molecule has 3 nitrogen and oxygen atoms in total. The molecule has 1 aliphatic carbocycles. The quantitative estimate of drug-likeness (QED) is 0.621. The molecule has 1 aliphatic rings. The molecule has 0 spiro atoms. The highest BCUT2D eigenvalue weighted by molar-refractivity contribution is 8.00. The maximum Gasteiger partial charge on any atom is 0.315 e. The molecule has 1 saturated carbocycles. The Labute approximate surface area is 106 Å². The lowest BCUT2D eigenvalue weighted by molar-refractivity contribution is -0.137. The second-order valence-corrected chi connectivity index (χ2v) is 5.22. The van der Waals surface area contributed by atoms with E-state index in [1.165, 1.54) is 37.3 Å². The Bertz CT molecular complexity index is 391. The van der Waals surface area contributed by atoms with Gasteiger partial charge in [-0.05, 0) is 30.5 Å². The number of nitrogens with one attached hydrogen (secondary N) is 1. The van der Waals surface area contributed by atoms with Gasteiger partial charge in [0, 0.05) is 17.5 Å². The van der Waals surface area contributed by atoms with Gasteiger partial charge in [0.25, 0.3) is 0 Å². The fourth-order valence-corrected chi connectivity index (χ4v) is 2.31. The molecule has 1 aromatic carbocycles. The summed E-state index contributed by atoms with van der Waals surface area (Å²) in [6.07, 6.45) is 2.60. The minimum Gasteiger partial charge on any atom is -0.468 e. The van der Waals surface area contributed by atoms with E-state index in [9.17, 15) is 4.79 Å². The van der Waals surface area contributed by atoms with Crippen LogP contribution in [0.3, 0.4) is 0 Å². The molecular formula is C13H17NO2S. The Hall–Kier alpha value is -1.00. The average molecular weight is 251 g/mol. The first kappa shape index (κ1) is 12.5. The first-order valence-corrected chi connectivity index (χ1v) is 6.78. The van der Waals surface area contributed by atoms with Crippen molar-refractivity contribution < 1.29 is 9.53 Å². The number of hydrogen-bond donors (Lipinski definition) is 1. The van der Waals surface area contributed by atoms with Crippen molar-refractivity contribution in [2.45, 2.75) is 30.3 Å². The Kier molecular flexibility index (Phi) is 4.45. The normalized spacial score (nSPS) is 14.6. The lowest BCUT2D eigenvalue weighted by Gasteiger charge is -2.05. The molecule has 0 saturated heterocycles. The van der Waals surface area contributed by atoms with Crippen LogP contribution in [0.1, 0.15) is 18.4 Å². The number of hydrogen-bond acceptors (Lipinski definition) is 4. The Balaban J connectivity index is 1.84. The molecule has 1 aromatic rings. The number of rotatable bonds is 6. The number of carbonyl (C=O) groups is 1. The third-order valence-corrected chi connectivity index (χ3v) is 3.62. The third kappa shape index (κ3) is 4.40. The van der Waals surface area contributed by atoms with Gasteiger partial charge in [0.1, 0.15) is 0 Å². The number of methoxy groups -OCH3 is 1. The molecule has 0 bridgehead atoms. The molecule has 0 radical (unpaired) electrons. The third-order valence-electron chi connectivity index (χ3n) is 2.66. The second-order valence-electron chi connectivity index (χ2n) is 4.17. The largest absolute Gasteiger partial charge is 0.468 e. The summed E-state index contributed by atoms with van der Waals surface area (Å²) in [6, 6.07) is 9.01. The fraction of sp³-hybridized carbons (Fsp3) is 0.462. The van der Waals surface area contributed by atoms with Gasteiger partial charge in [0.2, 0.25) is 0 Å². The summed E-state index contributed by atoms with van der Waals surface area (Å²) in [4.78, 5) is 12.2. The molecule has 4 heteroatoms. The van der Waals surface area contributed by atoms with Crippen molar-refractivity contribution in [3.63, 3.8) is 0 Å². The topological polar surface area (TPSA) is 38.3 Å². The molecule has 0 aromatic heterocycles. The van der Waals surface area contributed by atoms with Gasteiger partial charge in [-0.15, -0.1) is 11.8 Å². The van der Waals surface area contributed by atoms with Crippen molar-refractivity contribution >= 4 is 17.7 Å². The highest BCUT2D eigenvalue weighted by Crippen LogP contribution is 2.21. The minimum absolute atomic E-state index is 0.184. The van der Waals surface area contributed by atoms with E-state index in [0.29, 0.717) is 5.75 Å². The zero-order valence-corrected chi connectivity index (χ0v) is 10.8. The van der Waals surface area contributed by atoms with Crippen molar-refractivity contribution in [2.75, 3.05) is 12.9 Å². The van der Waals surface area contributed by atoms with Gasteiger partial charge in [0.05, 0.1) is 12.9 Å². The van der Waals surface area contributed by atoms with Gasteiger partial charge in [-0.25, -0.2) is 0 Å². The molecule has 1 fully saturated rings. The molecule has 2 rings (SSSR count). The Morgan fingerprint density at radius 1 is 1.53 bits per heavy atom. The molecule has 0 aliphatic heterocycles. The van der Waals surface area contributed by atoms with E-state index in [4.69, 9.17) is 0 Å². The van der Waals surface area contributed by atoms with Crippen molar-refractivity contribution in [2.24, 2.45) is 0 Å². The van der Waals surface area contributed by atoms with Gasteiger partial charge in [0.15, 0.2) is 0 Å². The molecule has 0 atom stereocenters. The summed E-state index contributed by atoms with van der Waals surface area (Å²) in [6.45, 7) is 0.914. The van der Waals surface area contributed by atoms with Crippen molar-refractivity contribution in [1.29, 1.82) is 0 Å². The molecule has 0 heterocycles. The van der Waals surface area contributed by atoms with Gasteiger partial charge in [-0.3, -0.25) is 4.79 Å². The maximum absolute atomic E-state index is 11.0. The molecule has 0 amide bonds. The van der Waals surface area contributed by atoms with Crippen LogP contribution in [-0.2, 0) is 16.1 Å². The van der Waals surface area contributed by atoms with Crippen molar-refractivity contribution in [3.8, 4) is 0 Å². The van der Waals surface area contributed by atoms with E-state index in [1.807, 2.05) is 12.1 Å². The van der Waals surface area contributed by atoms with E-state index in [1.54, 1.807) is 0 Å². The first-order valence-electron chi connectivity index (χ1n) is 5.80. The number of carbonyl (C=O) groups excluding carboxylic acids is 1. The SMILES string of the molecule is COC(=O)CSc1cccc(CNC2CC2)c1. The number of thioether (sulfide) groups is 1. The monoisotopic (exact) mass is 251 g/mol. The summed E-state index contributed by atoms with van der Waals surface area (Å²) in [7, 11) is 1.42. The fourth-order valence-electron chi connectivity index (χ4n) is 1.50. The highest BCUT2D eigenvalue weighted by Gasteiger charge is 2.19. The molecule has 1 N–H and O–H groups in total. The first-order chi connectivity index (χ1) is 8.28. The van der Waals surface area contributed by atoms with Crippen LogP contribution >= 0.6 is 11.8 Å². The summed E-state index contributed by atoms with van der Waals surface area (Å²) >= 11 is 1.51. The molecule has 0 unspecified atom stereocenters. The standard InChI is InChI=1S/C13H17NO2S/c1-16-13(15)9-17-12-4-2-3-10(7-12)8-14-11-5-6-11/h2-4,7,11,14H,5-6,8-9H2,1H3. The van der Waals surface area contributed by atoms with Crippen LogP contribution in [0.25, 0.3) is 0 Å². The van der Waals surface area contributed by atoms with E-state index in [-0.39, 0.29) is 5.97 Å². The lowest BCUT2D eigenvalue weighted by Crippen LogP contribution is -2.15. The zero-order chi connectivity index (χ0) is 12.1.